The van der Waals surface area contributed by atoms with E-state index in [2.05, 4.69) is 0 Å². The fourth-order valence-electron chi connectivity index (χ4n) is 2.15. The highest BCUT2D eigenvalue weighted by atomic mass is 16.4. The second-order valence-corrected chi connectivity index (χ2v) is 4.30. The zero-order valence-electron chi connectivity index (χ0n) is 10.2. The summed E-state index contributed by atoms with van der Waals surface area (Å²) >= 11 is 0. The molecule has 0 aromatic heterocycles. The molecular weight excluding hydrogens is 230 g/mol. The van der Waals surface area contributed by atoms with E-state index in [9.17, 15) is 9.59 Å². The van der Waals surface area contributed by atoms with Crippen molar-refractivity contribution >= 4 is 11.9 Å². The Balaban J connectivity index is 2.23. The number of carbonyl (C=O) groups is 2. The third-order valence-corrected chi connectivity index (χ3v) is 3.19. The average Bonchev–Trinajstić information content (AvgIpc) is 2.39. The predicted octanol–water partition coefficient (Wildman–Crippen LogP) is 1.99. The number of carboxylic acid groups (broad SMARTS) is 1. The third-order valence-electron chi connectivity index (χ3n) is 3.19. The standard InChI is InChI=1S/C14H15NO3/c1-10(11-6-3-2-4-7-11)15-9-5-8-12(13(15)16)14(17)18/h2-4,6-8,10H,5,9H2,1H3,(H,17,18)/t10-/m1/s1. The Labute approximate surface area is 106 Å². The lowest BCUT2D eigenvalue weighted by molar-refractivity contribution is -0.139. The topological polar surface area (TPSA) is 57.6 Å². The van der Waals surface area contributed by atoms with Gasteiger partial charge in [0.25, 0.3) is 5.91 Å². The maximum atomic E-state index is 12.1. The summed E-state index contributed by atoms with van der Waals surface area (Å²) in [4.78, 5) is 24.6. The molecule has 0 aliphatic carbocycles. The number of hydrogen-bond acceptors (Lipinski definition) is 2. The van der Waals surface area contributed by atoms with Crippen LogP contribution < -0.4 is 0 Å². The number of carboxylic acids is 1. The molecule has 4 nitrogen and oxygen atoms in total. The van der Waals surface area contributed by atoms with E-state index in [-0.39, 0.29) is 11.6 Å². The summed E-state index contributed by atoms with van der Waals surface area (Å²) in [6, 6.07) is 9.51. The van der Waals surface area contributed by atoms with Gasteiger partial charge in [0, 0.05) is 6.54 Å². The Bertz CT molecular complexity index is 493. The maximum absolute atomic E-state index is 12.1. The average molecular weight is 245 g/mol. The molecule has 1 amide bonds. The summed E-state index contributed by atoms with van der Waals surface area (Å²) < 4.78 is 0. The maximum Gasteiger partial charge on any atom is 0.340 e. The van der Waals surface area contributed by atoms with Crippen LogP contribution in [-0.2, 0) is 9.59 Å². The number of amides is 1. The van der Waals surface area contributed by atoms with Crippen LogP contribution >= 0.6 is 0 Å². The molecular formula is C14H15NO3. The highest BCUT2D eigenvalue weighted by Crippen LogP contribution is 2.24. The summed E-state index contributed by atoms with van der Waals surface area (Å²) in [7, 11) is 0. The van der Waals surface area contributed by atoms with Gasteiger partial charge in [-0.25, -0.2) is 4.79 Å². The van der Waals surface area contributed by atoms with Crippen LogP contribution in [0.1, 0.15) is 24.9 Å². The van der Waals surface area contributed by atoms with Crippen molar-refractivity contribution in [3.05, 3.63) is 47.5 Å². The third kappa shape index (κ3) is 2.27. The molecule has 0 bridgehead atoms. The Hall–Kier alpha value is -2.10. The predicted molar refractivity (Wildman–Crippen MR) is 66.9 cm³/mol. The minimum atomic E-state index is -1.15. The Morgan fingerprint density at radius 2 is 2.00 bits per heavy atom. The molecule has 0 saturated heterocycles. The molecule has 1 N–H and O–H groups in total. The zero-order chi connectivity index (χ0) is 13.1. The van der Waals surface area contributed by atoms with E-state index in [0.29, 0.717) is 13.0 Å². The minimum Gasteiger partial charge on any atom is -0.478 e. The molecule has 1 heterocycles. The first-order valence-corrected chi connectivity index (χ1v) is 5.90. The van der Waals surface area contributed by atoms with Crippen molar-refractivity contribution in [3.63, 3.8) is 0 Å². The SMILES string of the molecule is C[C@H](c1ccccc1)N1CCC=C(C(=O)O)C1=O. The van der Waals surface area contributed by atoms with Crippen LogP contribution in [-0.4, -0.2) is 28.4 Å². The molecule has 1 aliphatic rings. The number of aliphatic carboxylic acids is 1. The van der Waals surface area contributed by atoms with Crippen molar-refractivity contribution in [1.82, 2.24) is 4.90 Å². The van der Waals surface area contributed by atoms with Gasteiger partial charge < -0.3 is 10.0 Å². The Kier molecular flexibility index (Phi) is 3.46. The van der Waals surface area contributed by atoms with Gasteiger partial charge in [0.05, 0.1) is 6.04 Å². The van der Waals surface area contributed by atoms with Gasteiger partial charge in [0.15, 0.2) is 0 Å². The fraction of sp³-hybridized carbons (Fsp3) is 0.286. The van der Waals surface area contributed by atoms with Crippen molar-refractivity contribution in [2.45, 2.75) is 19.4 Å². The summed E-state index contributed by atoms with van der Waals surface area (Å²) in [5.74, 6) is -1.55. The summed E-state index contributed by atoms with van der Waals surface area (Å²) in [6.45, 7) is 2.48. The van der Waals surface area contributed by atoms with Crippen LogP contribution in [0, 0.1) is 0 Å². The Morgan fingerprint density at radius 3 is 2.61 bits per heavy atom. The molecule has 0 spiro atoms. The highest BCUT2D eigenvalue weighted by Gasteiger charge is 2.30. The molecule has 0 unspecified atom stereocenters. The van der Waals surface area contributed by atoms with E-state index in [4.69, 9.17) is 5.11 Å². The molecule has 94 valence electrons. The van der Waals surface area contributed by atoms with E-state index < -0.39 is 11.9 Å². The van der Waals surface area contributed by atoms with E-state index >= 15 is 0 Å². The van der Waals surface area contributed by atoms with Gasteiger partial charge in [-0.1, -0.05) is 36.4 Å². The first-order chi connectivity index (χ1) is 8.61. The quantitative estimate of drug-likeness (QED) is 0.828. The van der Waals surface area contributed by atoms with Crippen molar-refractivity contribution < 1.29 is 14.7 Å². The van der Waals surface area contributed by atoms with E-state index in [1.807, 2.05) is 37.3 Å². The van der Waals surface area contributed by atoms with Crippen LogP contribution in [0.25, 0.3) is 0 Å². The number of hydrogen-bond donors (Lipinski definition) is 1. The summed E-state index contributed by atoms with van der Waals surface area (Å²) in [6.07, 6.45) is 2.09. The minimum absolute atomic E-state index is 0.109. The van der Waals surface area contributed by atoms with E-state index in [1.165, 1.54) is 6.08 Å². The van der Waals surface area contributed by atoms with Gasteiger partial charge in [0.1, 0.15) is 5.57 Å². The lowest BCUT2D eigenvalue weighted by atomic mass is 10.0. The normalized spacial score (nSPS) is 17.3. The molecule has 1 atom stereocenters. The number of nitrogens with zero attached hydrogens (tertiary/aromatic N) is 1. The van der Waals surface area contributed by atoms with Gasteiger partial charge in [-0.3, -0.25) is 4.79 Å². The van der Waals surface area contributed by atoms with Crippen LogP contribution in [0.15, 0.2) is 42.0 Å². The van der Waals surface area contributed by atoms with Crippen LogP contribution in [0.2, 0.25) is 0 Å². The van der Waals surface area contributed by atoms with Crippen molar-refractivity contribution in [2.24, 2.45) is 0 Å². The van der Waals surface area contributed by atoms with Crippen LogP contribution in [0.3, 0.4) is 0 Å². The molecule has 18 heavy (non-hydrogen) atoms. The second-order valence-electron chi connectivity index (χ2n) is 4.30. The monoisotopic (exact) mass is 245 g/mol. The number of benzene rings is 1. The Morgan fingerprint density at radius 1 is 1.33 bits per heavy atom. The van der Waals surface area contributed by atoms with Gasteiger partial charge in [-0.15, -0.1) is 0 Å². The molecule has 4 heteroatoms. The summed E-state index contributed by atoms with van der Waals surface area (Å²) in [5, 5.41) is 8.96. The highest BCUT2D eigenvalue weighted by molar-refractivity contribution is 6.16. The second kappa shape index (κ2) is 5.04. The number of rotatable bonds is 3. The largest absolute Gasteiger partial charge is 0.478 e. The smallest absolute Gasteiger partial charge is 0.340 e. The van der Waals surface area contributed by atoms with Crippen molar-refractivity contribution in [1.29, 1.82) is 0 Å². The molecule has 0 saturated carbocycles. The molecule has 0 radical (unpaired) electrons. The van der Waals surface area contributed by atoms with Crippen molar-refractivity contribution in [3.8, 4) is 0 Å². The van der Waals surface area contributed by atoms with Gasteiger partial charge >= 0.3 is 5.97 Å². The van der Waals surface area contributed by atoms with Crippen LogP contribution in [0.4, 0.5) is 0 Å². The fourth-order valence-corrected chi connectivity index (χ4v) is 2.15. The van der Waals surface area contributed by atoms with Crippen molar-refractivity contribution in [2.75, 3.05) is 6.54 Å². The first-order valence-electron chi connectivity index (χ1n) is 5.90. The van der Waals surface area contributed by atoms with E-state index in [1.54, 1.807) is 4.90 Å². The zero-order valence-corrected chi connectivity index (χ0v) is 10.2. The van der Waals surface area contributed by atoms with E-state index in [0.717, 1.165) is 5.56 Å². The number of carbonyl (C=O) groups excluding carboxylic acids is 1. The van der Waals surface area contributed by atoms with Gasteiger partial charge in [-0.05, 0) is 18.9 Å². The lowest BCUT2D eigenvalue weighted by Crippen LogP contribution is -2.39. The van der Waals surface area contributed by atoms with Gasteiger partial charge in [0.2, 0.25) is 0 Å². The molecule has 1 aromatic carbocycles. The molecule has 0 fully saturated rings. The lowest BCUT2D eigenvalue weighted by Gasteiger charge is -2.32. The molecule has 1 aromatic rings. The van der Waals surface area contributed by atoms with Crippen LogP contribution in [0.5, 0.6) is 0 Å². The molecule has 2 rings (SSSR count). The summed E-state index contributed by atoms with van der Waals surface area (Å²) in [5.41, 5.74) is 0.890. The molecule has 1 aliphatic heterocycles. The van der Waals surface area contributed by atoms with Gasteiger partial charge in [-0.2, -0.15) is 0 Å². The first kappa shape index (κ1) is 12.4.